The molecule has 0 aliphatic carbocycles. The maximum absolute atomic E-state index is 11.6. The van der Waals surface area contributed by atoms with Crippen molar-refractivity contribution in [2.75, 3.05) is 14.1 Å². The Morgan fingerprint density at radius 3 is 2.72 bits per heavy atom. The number of hydrogen-bond acceptors (Lipinski definition) is 5. The zero-order chi connectivity index (χ0) is 13.3. The molecule has 0 N–H and O–H groups in total. The van der Waals surface area contributed by atoms with Crippen LogP contribution in [0.15, 0.2) is 36.2 Å². The first-order chi connectivity index (χ1) is 8.50. The molecule has 1 aliphatic heterocycles. The average Bonchev–Trinajstić information content (AvgIpc) is 2.64. The summed E-state index contributed by atoms with van der Waals surface area (Å²) in [4.78, 5) is 23.7. The highest BCUT2D eigenvalue weighted by atomic mass is 16.6. The smallest absolute Gasteiger partial charge is 0.339 e. The van der Waals surface area contributed by atoms with Crippen LogP contribution in [0.3, 0.4) is 0 Å². The van der Waals surface area contributed by atoms with Gasteiger partial charge in [0.15, 0.2) is 0 Å². The van der Waals surface area contributed by atoms with Gasteiger partial charge in [-0.05, 0) is 6.07 Å². The van der Waals surface area contributed by atoms with Gasteiger partial charge in [-0.25, -0.2) is 4.79 Å². The van der Waals surface area contributed by atoms with Gasteiger partial charge in [0.1, 0.15) is 0 Å². The van der Waals surface area contributed by atoms with E-state index in [2.05, 4.69) is 0 Å². The summed E-state index contributed by atoms with van der Waals surface area (Å²) in [6.07, 6.45) is 0.408. The van der Waals surface area contributed by atoms with E-state index < -0.39 is 17.0 Å². The zero-order valence-corrected chi connectivity index (χ0v) is 9.99. The van der Waals surface area contributed by atoms with Crippen molar-refractivity contribution in [1.82, 2.24) is 4.90 Å². The van der Waals surface area contributed by atoms with Crippen molar-refractivity contribution in [2.45, 2.75) is 6.10 Å². The predicted molar refractivity (Wildman–Crippen MR) is 63.4 cm³/mol. The highest BCUT2D eigenvalue weighted by Gasteiger charge is 2.39. The number of nitrogens with zero attached hydrogens (tertiary/aromatic N) is 2. The number of fused-ring (bicyclic) bond motifs is 1. The van der Waals surface area contributed by atoms with Crippen molar-refractivity contribution in [3.63, 3.8) is 0 Å². The predicted octanol–water partition coefficient (Wildman–Crippen LogP) is 1.58. The number of nitro groups is 1. The molecular formula is C12H12N2O4. The molecular weight excluding hydrogens is 236 g/mol. The molecule has 94 valence electrons. The molecule has 0 amide bonds. The molecule has 18 heavy (non-hydrogen) atoms. The van der Waals surface area contributed by atoms with Crippen LogP contribution < -0.4 is 0 Å². The third kappa shape index (κ3) is 2.04. The number of benzene rings is 1. The summed E-state index contributed by atoms with van der Waals surface area (Å²) in [5, 5.41) is 11.1. The van der Waals surface area contributed by atoms with Crippen LogP contribution in [0.2, 0.25) is 0 Å². The second-order valence-electron chi connectivity index (χ2n) is 4.15. The molecule has 0 spiro atoms. The number of carbonyl (C=O) groups is 1. The quantitative estimate of drug-likeness (QED) is 0.461. The first kappa shape index (κ1) is 12.1. The summed E-state index contributed by atoms with van der Waals surface area (Å²) in [7, 11) is 3.35. The minimum absolute atomic E-state index is 0.154. The fourth-order valence-electron chi connectivity index (χ4n) is 1.84. The Bertz CT molecular complexity index is 537. The van der Waals surface area contributed by atoms with Crippen molar-refractivity contribution in [3.8, 4) is 0 Å². The van der Waals surface area contributed by atoms with Crippen LogP contribution in [0, 0.1) is 10.1 Å². The first-order valence-corrected chi connectivity index (χ1v) is 5.33. The lowest BCUT2D eigenvalue weighted by atomic mass is 10.0. The van der Waals surface area contributed by atoms with Crippen LogP contribution in [-0.4, -0.2) is 29.9 Å². The third-order valence-corrected chi connectivity index (χ3v) is 2.56. The number of carbonyl (C=O) groups excluding carboxylic acids is 1. The van der Waals surface area contributed by atoms with Crippen LogP contribution >= 0.6 is 0 Å². The van der Waals surface area contributed by atoms with Gasteiger partial charge < -0.3 is 9.64 Å². The van der Waals surface area contributed by atoms with Crippen LogP contribution in [0.5, 0.6) is 0 Å². The normalized spacial score (nSPS) is 18.2. The van der Waals surface area contributed by atoms with Gasteiger partial charge in [0.2, 0.25) is 6.10 Å². The molecule has 6 nitrogen and oxygen atoms in total. The molecule has 1 aliphatic rings. The molecule has 0 aromatic heterocycles. The molecule has 0 unspecified atom stereocenters. The molecule has 2 rings (SSSR count). The molecule has 1 aromatic carbocycles. The number of esters is 1. The summed E-state index contributed by atoms with van der Waals surface area (Å²) in [5.74, 6) is -0.526. The highest BCUT2D eigenvalue weighted by Crippen LogP contribution is 2.35. The second kappa shape index (κ2) is 4.48. The van der Waals surface area contributed by atoms with E-state index in [4.69, 9.17) is 4.74 Å². The van der Waals surface area contributed by atoms with Gasteiger partial charge in [-0.1, -0.05) is 18.2 Å². The topological polar surface area (TPSA) is 72.7 Å². The van der Waals surface area contributed by atoms with E-state index in [1.165, 1.54) is 6.20 Å². The summed E-state index contributed by atoms with van der Waals surface area (Å²) < 4.78 is 5.08. The van der Waals surface area contributed by atoms with Gasteiger partial charge in [-0.2, -0.15) is 0 Å². The van der Waals surface area contributed by atoms with Crippen molar-refractivity contribution in [1.29, 1.82) is 0 Å². The minimum atomic E-state index is -0.939. The number of ether oxygens (including phenoxy) is 1. The van der Waals surface area contributed by atoms with E-state index in [1.54, 1.807) is 43.3 Å². The summed E-state index contributed by atoms with van der Waals surface area (Å²) in [5.41, 5.74) is 0.764. The molecule has 1 atom stereocenters. The lowest BCUT2D eigenvalue weighted by Crippen LogP contribution is -2.15. The van der Waals surface area contributed by atoms with Crippen molar-refractivity contribution in [2.24, 2.45) is 0 Å². The van der Waals surface area contributed by atoms with Gasteiger partial charge in [0.25, 0.3) is 0 Å². The molecule has 0 saturated carbocycles. The molecule has 6 heteroatoms. The Kier molecular flexibility index (Phi) is 3.01. The molecule has 1 aromatic rings. The zero-order valence-electron chi connectivity index (χ0n) is 9.99. The van der Waals surface area contributed by atoms with Gasteiger partial charge in [0.05, 0.1) is 16.7 Å². The van der Waals surface area contributed by atoms with E-state index in [0.29, 0.717) is 11.1 Å². The van der Waals surface area contributed by atoms with Crippen molar-refractivity contribution >= 4 is 5.97 Å². The first-order valence-electron chi connectivity index (χ1n) is 5.33. The van der Waals surface area contributed by atoms with Crippen LogP contribution in [0.1, 0.15) is 22.0 Å². The highest BCUT2D eigenvalue weighted by molar-refractivity contribution is 5.94. The maximum Gasteiger partial charge on any atom is 0.339 e. The Labute approximate surface area is 104 Å². The van der Waals surface area contributed by atoms with Crippen molar-refractivity contribution in [3.05, 3.63) is 57.4 Å². The van der Waals surface area contributed by atoms with Crippen LogP contribution in [-0.2, 0) is 4.74 Å². The fraction of sp³-hybridized carbons (Fsp3) is 0.250. The number of cyclic esters (lactones) is 1. The third-order valence-electron chi connectivity index (χ3n) is 2.56. The van der Waals surface area contributed by atoms with E-state index in [-0.39, 0.29) is 5.70 Å². The van der Waals surface area contributed by atoms with Crippen molar-refractivity contribution < 1.29 is 14.5 Å². The van der Waals surface area contributed by atoms with E-state index >= 15 is 0 Å². The molecule has 0 bridgehead atoms. The van der Waals surface area contributed by atoms with E-state index in [1.807, 2.05) is 0 Å². The SMILES string of the molecule is CN(C)C=C([C@H]1OC(=O)c2ccccc21)[N+](=O)[O-]. The Morgan fingerprint density at radius 1 is 1.44 bits per heavy atom. The van der Waals surface area contributed by atoms with Gasteiger partial charge in [-0.3, -0.25) is 10.1 Å². The Hall–Kier alpha value is -2.37. The largest absolute Gasteiger partial charge is 0.442 e. The lowest BCUT2D eigenvalue weighted by Gasteiger charge is -2.10. The molecule has 0 radical (unpaired) electrons. The van der Waals surface area contributed by atoms with Gasteiger partial charge in [-0.15, -0.1) is 0 Å². The Balaban J connectivity index is 2.47. The van der Waals surface area contributed by atoms with Gasteiger partial charge in [0, 0.05) is 19.7 Å². The average molecular weight is 248 g/mol. The molecule has 0 saturated heterocycles. The monoisotopic (exact) mass is 248 g/mol. The van der Waals surface area contributed by atoms with Crippen LogP contribution in [0.25, 0.3) is 0 Å². The van der Waals surface area contributed by atoms with Gasteiger partial charge >= 0.3 is 11.7 Å². The van der Waals surface area contributed by atoms with Crippen LogP contribution in [0.4, 0.5) is 0 Å². The van der Waals surface area contributed by atoms with E-state index in [9.17, 15) is 14.9 Å². The maximum atomic E-state index is 11.6. The summed E-state index contributed by atoms with van der Waals surface area (Å²) in [6.45, 7) is 0. The number of rotatable bonds is 3. The Morgan fingerprint density at radius 2 is 2.11 bits per heavy atom. The lowest BCUT2D eigenvalue weighted by molar-refractivity contribution is -0.437. The number of hydrogen-bond donors (Lipinski definition) is 0. The summed E-state index contributed by atoms with van der Waals surface area (Å²) >= 11 is 0. The second-order valence-corrected chi connectivity index (χ2v) is 4.15. The molecule has 1 heterocycles. The fourth-order valence-corrected chi connectivity index (χ4v) is 1.84. The van der Waals surface area contributed by atoms with E-state index in [0.717, 1.165) is 0 Å². The standard InChI is InChI=1S/C12H12N2O4/c1-13(2)7-10(14(16)17)11-8-5-3-4-6-9(8)12(15)18-11/h3-7,11H,1-2H3/t11-/m0/s1. The minimum Gasteiger partial charge on any atom is -0.442 e. The summed E-state index contributed by atoms with van der Waals surface area (Å²) in [6, 6.07) is 6.69. The molecule has 0 fully saturated rings.